The molecule has 0 atom stereocenters. The van der Waals surface area contributed by atoms with Crippen LogP contribution in [0.15, 0.2) is 78.2 Å². The normalized spacial score (nSPS) is 15.4. The molecule has 0 unspecified atom stereocenters. The van der Waals surface area contributed by atoms with Gasteiger partial charge in [0, 0.05) is 68.4 Å². The molecule has 0 spiro atoms. The molecule has 1 aromatic heterocycles. The Kier molecular flexibility index (Phi) is 7.44. The van der Waals surface area contributed by atoms with Crippen LogP contribution in [0.1, 0.15) is 34.0 Å². The minimum absolute atomic E-state index is 0.212. The van der Waals surface area contributed by atoms with Crippen LogP contribution in [0.5, 0.6) is 5.75 Å². The molecule has 0 aliphatic carbocycles. The van der Waals surface area contributed by atoms with Gasteiger partial charge in [0.2, 0.25) is 0 Å². The van der Waals surface area contributed by atoms with E-state index >= 15 is 0 Å². The number of pyridine rings is 1. The van der Waals surface area contributed by atoms with E-state index < -0.39 is 0 Å². The van der Waals surface area contributed by atoms with Gasteiger partial charge in [0.25, 0.3) is 5.91 Å². The van der Waals surface area contributed by atoms with Crippen LogP contribution < -0.4 is 5.43 Å². The molecule has 2 N–H and O–H groups in total. The second kappa shape index (κ2) is 10.8. The van der Waals surface area contributed by atoms with Crippen molar-refractivity contribution < 1.29 is 9.90 Å². The minimum atomic E-state index is -0.319. The largest absolute Gasteiger partial charge is 0.507 e. The predicted octanol–water partition coefficient (Wildman–Crippen LogP) is 3.26. The molecular formula is C26H29N5O2. The molecule has 0 bridgehead atoms. The van der Waals surface area contributed by atoms with Crippen LogP contribution in [-0.4, -0.2) is 57.7 Å². The maximum Gasteiger partial charge on any atom is 0.271 e. The van der Waals surface area contributed by atoms with Gasteiger partial charge < -0.3 is 5.11 Å². The fourth-order valence-electron chi connectivity index (χ4n) is 3.96. The number of rotatable bonds is 7. The number of amides is 1. The van der Waals surface area contributed by atoms with Crippen LogP contribution in [0.2, 0.25) is 0 Å². The van der Waals surface area contributed by atoms with Gasteiger partial charge in [0.1, 0.15) is 5.75 Å². The maximum absolute atomic E-state index is 12.2. The van der Waals surface area contributed by atoms with Crippen LogP contribution >= 0.6 is 0 Å². The summed E-state index contributed by atoms with van der Waals surface area (Å²) >= 11 is 0. The van der Waals surface area contributed by atoms with Crippen molar-refractivity contribution in [1.82, 2.24) is 20.2 Å². The molecule has 1 amide bonds. The summed E-state index contributed by atoms with van der Waals surface area (Å²) in [5, 5.41) is 15.1. The van der Waals surface area contributed by atoms with Crippen LogP contribution in [0, 0.1) is 0 Å². The van der Waals surface area contributed by atoms with Crippen molar-refractivity contribution >= 4 is 11.6 Å². The fraction of sp³-hybridized carbons (Fsp3) is 0.269. The molecule has 1 aliphatic rings. The Balaban J connectivity index is 1.35. The summed E-state index contributed by atoms with van der Waals surface area (Å²) in [4.78, 5) is 20.9. The van der Waals surface area contributed by atoms with Crippen molar-refractivity contribution in [3.05, 3.63) is 95.3 Å². The summed E-state index contributed by atoms with van der Waals surface area (Å²) in [7, 11) is 0. The molecule has 2 heterocycles. The molecule has 1 saturated heterocycles. The maximum atomic E-state index is 12.2. The van der Waals surface area contributed by atoms with Crippen molar-refractivity contribution in [2.24, 2.45) is 5.10 Å². The zero-order valence-electron chi connectivity index (χ0n) is 18.8. The first-order chi connectivity index (χ1) is 16.1. The Bertz CT molecular complexity index is 1090. The lowest BCUT2D eigenvalue weighted by atomic mass is 10.0. The number of hydrazone groups is 1. The molecule has 1 fully saturated rings. The van der Waals surface area contributed by atoms with Gasteiger partial charge in [-0.05, 0) is 30.7 Å². The van der Waals surface area contributed by atoms with E-state index in [4.69, 9.17) is 0 Å². The van der Waals surface area contributed by atoms with E-state index in [1.54, 1.807) is 31.5 Å². The molecule has 0 radical (unpaired) electrons. The van der Waals surface area contributed by atoms with Gasteiger partial charge in [-0.3, -0.25) is 19.6 Å². The highest BCUT2D eigenvalue weighted by Crippen LogP contribution is 2.25. The molecule has 170 valence electrons. The lowest BCUT2D eigenvalue weighted by Gasteiger charge is -2.35. The lowest BCUT2D eigenvalue weighted by molar-refractivity contribution is 0.0954. The van der Waals surface area contributed by atoms with Gasteiger partial charge in [-0.15, -0.1) is 0 Å². The Hall–Kier alpha value is -3.55. The van der Waals surface area contributed by atoms with E-state index in [1.807, 2.05) is 24.3 Å². The molecule has 1 aliphatic heterocycles. The van der Waals surface area contributed by atoms with E-state index in [1.165, 1.54) is 5.56 Å². The average Bonchev–Trinajstić information content (AvgIpc) is 2.86. The zero-order valence-corrected chi connectivity index (χ0v) is 18.8. The van der Waals surface area contributed by atoms with Crippen molar-refractivity contribution in [2.75, 3.05) is 26.2 Å². The first kappa shape index (κ1) is 22.6. The summed E-state index contributed by atoms with van der Waals surface area (Å²) in [6, 6.07) is 19.5. The lowest BCUT2D eigenvalue weighted by Crippen LogP contribution is -2.45. The number of carbonyl (C=O) groups is 1. The summed E-state index contributed by atoms with van der Waals surface area (Å²) in [5.74, 6) is -0.107. The third kappa shape index (κ3) is 6.03. The predicted molar refractivity (Wildman–Crippen MR) is 129 cm³/mol. The van der Waals surface area contributed by atoms with Crippen LogP contribution in [0.3, 0.4) is 0 Å². The third-order valence-electron chi connectivity index (χ3n) is 5.88. The Morgan fingerprint density at radius 3 is 2.30 bits per heavy atom. The molecule has 7 nitrogen and oxygen atoms in total. The average molecular weight is 444 g/mol. The summed E-state index contributed by atoms with van der Waals surface area (Å²) in [6.45, 7) is 7.31. The van der Waals surface area contributed by atoms with E-state index in [0.717, 1.165) is 38.3 Å². The van der Waals surface area contributed by atoms with Gasteiger partial charge >= 0.3 is 0 Å². The molecule has 0 saturated carbocycles. The van der Waals surface area contributed by atoms with E-state index in [2.05, 4.69) is 49.6 Å². The first-order valence-corrected chi connectivity index (χ1v) is 11.1. The summed E-state index contributed by atoms with van der Waals surface area (Å²) in [5.41, 5.74) is 6.38. The zero-order chi connectivity index (χ0) is 23.0. The van der Waals surface area contributed by atoms with Gasteiger partial charge in [0.15, 0.2) is 0 Å². The molecular weight excluding hydrogens is 414 g/mol. The van der Waals surface area contributed by atoms with Gasteiger partial charge in [-0.25, -0.2) is 5.43 Å². The van der Waals surface area contributed by atoms with Crippen LogP contribution in [0.4, 0.5) is 0 Å². The smallest absolute Gasteiger partial charge is 0.271 e. The molecule has 7 heteroatoms. The monoisotopic (exact) mass is 443 g/mol. The number of phenolic OH excluding ortho intramolecular Hbond substituents is 1. The Morgan fingerprint density at radius 1 is 0.939 bits per heavy atom. The number of benzene rings is 2. The van der Waals surface area contributed by atoms with E-state index in [-0.39, 0.29) is 11.7 Å². The van der Waals surface area contributed by atoms with Gasteiger partial charge in [-0.1, -0.05) is 42.5 Å². The first-order valence-electron chi connectivity index (χ1n) is 11.1. The Labute approximate surface area is 194 Å². The fourth-order valence-corrected chi connectivity index (χ4v) is 3.96. The molecule has 4 rings (SSSR count). The number of hydrogen-bond acceptors (Lipinski definition) is 6. The van der Waals surface area contributed by atoms with Gasteiger partial charge in [-0.2, -0.15) is 5.10 Å². The third-order valence-corrected chi connectivity index (χ3v) is 5.88. The number of para-hydroxylation sites is 1. The van der Waals surface area contributed by atoms with Crippen LogP contribution in [-0.2, 0) is 13.1 Å². The Morgan fingerprint density at radius 2 is 1.61 bits per heavy atom. The summed E-state index contributed by atoms with van der Waals surface area (Å²) in [6.07, 6.45) is 3.12. The van der Waals surface area contributed by atoms with Crippen LogP contribution in [0.25, 0.3) is 0 Å². The summed E-state index contributed by atoms with van der Waals surface area (Å²) < 4.78 is 0. The minimum Gasteiger partial charge on any atom is -0.507 e. The van der Waals surface area contributed by atoms with Crippen molar-refractivity contribution in [2.45, 2.75) is 20.0 Å². The second-order valence-corrected chi connectivity index (χ2v) is 8.23. The number of nitrogens with zero attached hydrogens (tertiary/aromatic N) is 4. The number of aromatic hydroxyl groups is 1. The highest BCUT2D eigenvalue weighted by atomic mass is 16.3. The number of carbonyl (C=O) groups excluding carboxylic acids is 1. The SMILES string of the molecule is C/C(=N/NC(=O)c1ccncc1)c1cccc(CN2CCN(Cc3ccccc3)CC2)c1O. The van der Waals surface area contributed by atoms with Gasteiger partial charge in [0.05, 0.1) is 5.71 Å². The highest BCUT2D eigenvalue weighted by Gasteiger charge is 2.19. The molecule has 33 heavy (non-hydrogen) atoms. The van der Waals surface area contributed by atoms with Crippen molar-refractivity contribution in [1.29, 1.82) is 0 Å². The number of piperazine rings is 1. The topological polar surface area (TPSA) is 81.1 Å². The molecule has 2 aromatic carbocycles. The van der Waals surface area contributed by atoms with E-state index in [9.17, 15) is 9.90 Å². The highest BCUT2D eigenvalue weighted by molar-refractivity contribution is 6.02. The second-order valence-electron chi connectivity index (χ2n) is 8.23. The number of aromatic nitrogens is 1. The molecule has 3 aromatic rings. The number of nitrogens with one attached hydrogen (secondary N) is 1. The number of hydrogen-bond donors (Lipinski definition) is 2. The standard InChI is InChI=1S/C26H29N5O2/c1-20(28-29-26(33)22-10-12-27-13-11-22)24-9-5-8-23(25(24)32)19-31-16-14-30(15-17-31)18-21-6-3-2-4-7-21/h2-13,32H,14-19H2,1H3,(H,29,33)/b28-20-. The van der Waals surface area contributed by atoms with Crippen molar-refractivity contribution in [3.63, 3.8) is 0 Å². The quantitative estimate of drug-likeness (QED) is 0.433. The van der Waals surface area contributed by atoms with Crippen molar-refractivity contribution in [3.8, 4) is 5.75 Å². The number of phenols is 1. The van der Waals surface area contributed by atoms with E-state index in [0.29, 0.717) is 23.4 Å².